The molecule has 206 valence electrons. The Labute approximate surface area is 241 Å². The number of carbonyl (C=O) groups excluding carboxylic acids is 2. The number of amides is 2. The molecule has 41 heavy (non-hydrogen) atoms. The van der Waals surface area contributed by atoms with Crippen LogP contribution in [0.1, 0.15) is 42.4 Å². The van der Waals surface area contributed by atoms with Crippen molar-refractivity contribution in [2.75, 3.05) is 11.9 Å². The van der Waals surface area contributed by atoms with Gasteiger partial charge in [0.15, 0.2) is 0 Å². The third kappa shape index (κ3) is 6.79. The molecule has 1 heterocycles. The van der Waals surface area contributed by atoms with Crippen molar-refractivity contribution in [3.63, 3.8) is 0 Å². The lowest BCUT2D eigenvalue weighted by molar-refractivity contribution is -0.117. The van der Waals surface area contributed by atoms with E-state index in [1.165, 1.54) is 0 Å². The van der Waals surface area contributed by atoms with Crippen LogP contribution >= 0.6 is 0 Å². The van der Waals surface area contributed by atoms with Gasteiger partial charge in [-0.1, -0.05) is 112 Å². The van der Waals surface area contributed by atoms with E-state index in [9.17, 15) is 9.59 Å². The van der Waals surface area contributed by atoms with Crippen LogP contribution in [0.5, 0.6) is 0 Å². The summed E-state index contributed by atoms with van der Waals surface area (Å²) in [5, 5.41) is 7.81. The quantitative estimate of drug-likeness (QED) is 0.227. The number of nitrogens with one attached hydrogen (secondary N) is 1. The zero-order valence-electron chi connectivity index (χ0n) is 23.6. The molecule has 0 aliphatic heterocycles. The molecule has 1 N–H and O–H groups in total. The molecule has 0 fully saturated rings. The fourth-order valence-corrected chi connectivity index (χ4v) is 4.58. The van der Waals surface area contributed by atoms with Crippen LogP contribution in [-0.4, -0.2) is 33.0 Å². The number of anilines is 1. The minimum absolute atomic E-state index is 0.112. The molecule has 0 bridgehead atoms. The first-order valence-corrected chi connectivity index (χ1v) is 13.7. The van der Waals surface area contributed by atoms with Gasteiger partial charge in [0.25, 0.3) is 5.91 Å². The zero-order chi connectivity index (χ0) is 28.8. The first-order valence-electron chi connectivity index (χ1n) is 13.7. The summed E-state index contributed by atoms with van der Waals surface area (Å²) in [6.07, 6.45) is 0. The largest absolute Gasteiger partial charge is 0.325 e. The number of hydrogen-bond acceptors (Lipinski definition) is 3. The average molecular weight is 543 g/mol. The molecule has 0 atom stereocenters. The van der Waals surface area contributed by atoms with E-state index >= 15 is 0 Å². The molecule has 6 nitrogen and oxygen atoms in total. The summed E-state index contributed by atoms with van der Waals surface area (Å²) in [4.78, 5) is 28.8. The van der Waals surface area contributed by atoms with Crippen LogP contribution in [0.3, 0.4) is 0 Å². The molecule has 0 spiro atoms. The number of benzene rings is 4. The molecule has 5 aromatic rings. The van der Waals surface area contributed by atoms with E-state index in [0.29, 0.717) is 17.9 Å². The summed E-state index contributed by atoms with van der Waals surface area (Å²) < 4.78 is 1.74. The predicted octanol–water partition coefficient (Wildman–Crippen LogP) is 7.12. The van der Waals surface area contributed by atoms with E-state index in [2.05, 4.69) is 26.1 Å². The van der Waals surface area contributed by atoms with Crippen LogP contribution < -0.4 is 5.32 Å². The highest BCUT2D eigenvalue weighted by Gasteiger charge is 2.24. The van der Waals surface area contributed by atoms with E-state index in [-0.39, 0.29) is 23.8 Å². The van der Waals surface area contributed by atoms with E-state index in [1.54, 1.807) is 9.58 Å². The third-order valence-electron chi connectivity index (χ3n) is 6.82. The van der Waals surface area contributed by atoms with Crippen molar-refractivity contribution >= 4 is 17.6 Å². The summed E-state index contributed by atoms with van der Waals surface area (Å²) in [6.45, 7) is 6.44. The smallest absolute Gasteiger partial charge is 0.254 e. The van der Waals surface area contributed by atoms with Crippen LogP contribution in [0.2, 0.25) is 0 Å². The Morgan fingerprint density at radius 1 is 0.756 bits per heavy atom. The maximum Gasteiger partial charge on any atom is 0.254 e. The Morgan fingerprint density at radius 2 is 1.32 bits per heavy atom. The molecule has 0 aliphatic carbocycles. The van der Waals surface area contributed by atoms with Gasteiger partial charge in [-0.05, 0) is 41.0 Å². The summed E-state index contributed by atoms with van der Waals surface area (Å²) in [7, 11) is 0. The second-order valence-electron chi connectivity index (χ2n) is 11.1. The molecule has 5 rings (SSSR count). The molecule has 0 radical (unpaired) electrons. The van der Waals surface area contributed by atoms with Gasteiger partial charge in [0, 0.05) is 23.6 Å². The lowest BCUT2D eigenvalue weighted by atomic mass is 9.92. The summed E-state index contributed by atoms with van der Waals surface area (Å²) in [5.74, 6) is 0.0498. The molecule has 0 aliphatic rings. The Kier molecular flexibility index (Phi) is 8.11. The number of nitrogens with zero attached hydrogens (tertiary/aromatic N) is 3. The van der Waals surface area contributed by atoms with Gasteiger partial charge in [-0.2, -0.15) is 5.10 Å². The first-order chi connectivity index (χ1) is 19.8. The van der Waals surface area contributed by atoms with Crippen molar-refractivity contribution in [1.29, 1.82) is 0 Å². The van der Waals surface area contributed by atoms with Gasteiger partial charge >= 0.3 is 0 Å². The number of hydrogen-bond donors (Lipinski definition) is 1. The van der Waals surface area contributed by atoms with Crippen molar-refractivity contribution < 1.29 is 9.59 Å². The Balaban J connectivity index is 1.40. The third-order valence-corrected chi connectivity index (χ3v) is 6.82. The highest BCUT2D eigenvalue weighted by molar-refractivity contribution is 5.99. The molecule has 0 unspecified atom stereocenters. The summed E-state index contributed by atoms with van der Waals surface area (Å²) in [5.41, 5.74) is 5.06. The molecule has 6 heteroatoms. The monoisotopic (exact) mass is 542 g/mol. The number of rotatable bonds is 8. The van der Waals surface area contributed by atoms with E-state index < -0.39 is 0 Å². The van der Waals surface area contributed by atoms with Crippen molar-refractivity contribution in [2.45, 2.75) is 32.7 Å². The molecule has 0 saturated heterocycles. The van der Waals surface area contributed by atoms with Crippen LogP contribution in [0.15, 0.2) is 121 Å². The van der Waals surface area contributed by atoms with Gasteiger partial charge in [-0.15, -0.1) is 0 Å². The second kappa shape index (κ2) is 12.0. The van der Waals surface area contributed by atoms with E-state index in [1.807, 2.05) is 121 Å². The number of aromatic nitrogens is 2. The lowest BCUT2D eigenvalue weighted by Crippen LogP contribution is -2.37. The Bertz CT molecular complexity index is 1600. The van der Waals surface area contributed by atoms with Gasteiger partial charge in [-0.25, -0.2) is 4.68 Å². The Morgan fingerprint density at radius 3 is 1.93 bits per heavy atom. The van der Waals surface area contributed by atoms with Gasteiger partial charge in [-0.3, -0.25) is 9.59 Å². The molecule has 0 saturated carbocycles. The van der Waals surface area contributed by atoms with Crippen molar-refractivity contribution in [3.05, 3.63) is 138 Å². The van der Waals surface area contributed by atoms with Crippen molar-refractivity contribution in [1.82, 2.24) is 14.7 Å². The normalized spacial score (nSPS) is 11.2. The second-order valence-corrected chi connectivity index (χ2v) is 11.1. The highest BCUT2D eigenvalue weighted by Crippen LogP contribution is 2.26. The highest BCUT2D eigenvalue weighted by atomic mass is 16.2. The molecular weight excluding hydrogens is 508 g/mol. The van der Waals surface area contributed by atoms with Gasteiger partial charge in [0.2, 0.25) is 5.91 Å². The van der Waals surface area contributed by atoms with E-state index in [0.717, 1.165) is 28.1 Å². The fourth-order valence-electron chi connectivity index (χ4n) is 4.58. The Hall–Kier alpha value is -4.97. The topological polar surface area (TPSA) is 67.2 Å². The molecule has 1 aromatic heterocycles. The maximum atomic E-state index is 13.7. The van der Waals surface area contributed by atoms with Crippen LogP contribution in [0.25, 0.3) is 16.8 Å². The van der Waals surface area contributed by atoms with Gasteiger partial charge in [0.05, 0.1) is 11.4 Å². The predicted molar refractivity (Wildman–Crippen MR) is 164 cm³/mol. The van der Waals surface area contributed by atoms with Crippen LogP contribution in [0, 0.1) is 0 Å². The van der Waals surface area contributed by atoms with Crippen LogP contribution in [0.4, 0.5) is 5.82 Å². The van der Waals surface area contributed by atoms with Crippen molar-refractivity contribution in [2.24, 2.45) is 0 Å². The number of carbonyl (C=O) groups is 2. The standard InChI is InChI=1S/C35H34N4O2/c1-35(2,3)31-23-32(39(37-31)30-17-11-6-12-18-30)36-33(40)25-38(24-26-13-7-4-8-14-26)34(41)29-21-19-28(20-22-29)27-15-9-5-10-16-27/h4-23H,24-25H2,1-3H3,(H,36,40). The molecular formula is C35H34N4O2. The van der Waals surface area contributed by atoms with Gasteiger partial charge in [0.1, 0.15) is 12.4 Å². The first kappa shape index (κ1) is 27.6. The number of para-hydroxylation sites is 1. The fraction of sp³-hybridized carbons (Fsp3) is 0.171. The van der Waals surface area contributed by atoms with E-state index in [4.69, 9.17) is 5.10 Å². The molecule has 4 aromatic carbocycles. The minimum atomic E-state index is -0.298. The average Bonchev–Trinajstić information content (AvgIpc) is 3.42. The summed E-state index contributed by atoms with van der Waals surface area (Å²) in [6, 6.07) is 38.8. The maximum absolute atomic E-state index is 13.7. The van der Waals surface area contributed by atoms with Crippen molar-refractivity contribution in [3.8, 4) is 16.8 Å². The molecule has 2 amide bonds. The van der Waals surface area contributed by atoms with Gasteiger partial charge < -0.3 is 10.2 Å². The SMILES string of the molecule is CC(C)(C)c1cc(NC(=O)CN(Cc2ccccc2)C(=O)c2ccc(-c3ccccc3)cc2)n(-c2ccccc2)n1. The minimum Gasteiger partial charge on any atom is -0.325 e. The zero-order valence-corrected chi connectivity index (χ0v) is 23.6. The van der Waals surface area contributed by atoms with Crippen LogP contribution in [-0.2, 0) is 16.8 Å². The summed E-state index contributed by atoms with van der Waals surface area (Å²) >= 11 is 0. The lowest BCUT2D eigenvalue weighted by Gasteiger charge is -2.23.